The van der Waals surface area contributed by atoms with E-state index in [9.17, 15) is 9.59 Å². The summed E-state index contributed by atoms with van der Waals surface area (Å²) >= 11 is 0. The molecule has 3 saturated carbocycles. The van der Waals surface area contributed by atoms with E-state index in [2.05, 4.69) is 50.4 Å². The molecular formula is C22H34BN3O5. The van der Waals surface area contributed by atoms with Crippen LogP contribution in [0.25, 0.3) is 0 Å². The Morgan fingerprint density at radius 2 is 2.03 bits per heavy atom. The molecule has 3 aliphatic carbocycles. The maximum atomic E-state index is 12.6. The number of rotatable bonds is 7. The smallest absolute Gasteiger partial charge is 0.404 e. The summed E-state index contributed by atoms with van der Waals surface area (Å²) in [6.45, 7) is 12.6. The Hall–Kier alpha value is -1.87. The zero-order chi connectivity index (χ0) is 22.6. The number of carbonyl (C=O) groups is 2. The Balaban J connectivity index is 1.38. The Bertz CT molecular complexity index is 856. The van der Waals surface area contributed by atoms with Crippen molar-refractivity contribution in [3.63, 3.8) is 0 Å². The average molecular weight is 431 g/mol. The lowest BCUT2D eigenvalue weighted by Gasteiger charge is -2.64. The first-order chi connectivity index (χ1) is 14.5. The molecule has 5 rings (SSSR count). The van der Waals surface area contributed by atoms with E-state index in [-0.39, 0.29) is 41.2 Å². The molecule has 8 nitrogen and oxygen atoms in total. The first-order valence-electron chi connectivity index (χ1n) is 11.3. The van der Waals surface area contributed by atoms with Gasteiger partial charge in [0.25, 0.3) is 5.91 Å². The number of nitrogens with zero attached hydrogens (tertiary/aromatic N) is 1. The SMILES string of the molecule is Cc1cc(C(=O)NCC(=O)N[C@@H](CC(C)C)B2O[C@@H]3C[C@@H]4CC(C4(C)C)[C@]3(C)O2)no1. The molecule has 1 saturated heterocycles. The highest BCUT2D eigenvalue weighted by atomic mass is 16.7. The van der Waals surface area contributed by atoms with Crippen molar-refractivity contribution in [3.05, 3.63) is 17.5 Å². The molecule has 2 amide bonds. The quantitative estimate of drug-likeness (QED) is 0.644. The number of aromatic nitrogens is 1. The van der Waals surface area contributed by atoms with Gasteiger partial charge in [-0.05, 0) is 56.3 Å². The molecule has 9 heteroatoms. The Morgan fingerprint density at radius 3 is 2.65 bits per heavy atom. The van der Waals surface area contributed by atoms with Gasteiger partial charge in [0.2, 0.25) is 5.91 Å². The normalized spacial score (nSPS) is 31.7. The van der Waals surface area contributed by atoms with Crippen LogP contribution in [0.15, 0.2) is 10.6 Å². The van der Waals surface area contributed by atoms with Crippen molar-refractivity contribution in [2.24, 2.45) is 23.2 Å². The van der Waals surface area contributed by atoms with Crippen molar-refractivity contribution in [2.75, 3.05) is 6.54 Å². The minimum Gasteiger partial charge on any atom is -0.404 e. The van der Waals surface area contributed by atoms with Crippen LogP contribution in [0.3, 0.4) is 0 Å². The molecular weight excluding hydrogens is 397 g/mol. The van der Waals surface area contributed by atoms with Crippen molar-refractivity contribution in [1.82, 2.24) is 15.8 Å². The van der Waals surface area contributed by atoms with Crippen LogP contribution in [-0.4, -0.2) is 48.3 Å². The fourth-order valence-corrected chi connectivity index (χ4v) is 5.80. The average Bonchev–Trinajstić information content (AvgIpc) is 3.27. The van der Waals surface area contributed by atoms with Crippen LogP contribution in [0, 0.1) is 30.1 Å². The van der Waals surface area contributed by atoms with Crippen LogP contribution < -0.4 is 10.6 Å². The van der Waals surface area contributed by atoms with E-state index in [0.717, 1.165) is 12.8 Å². The lowest BCUT2D eigenvalue weighted by Crippen LogP contribution is -2.65. The predicted molar refractivity (Wildman–Crippen MR) is 115 cm³/mol. The fourth-order valence-electron chi connectivity index (χ4n) is 5.80. The minimum absolute atomic E-state index is 0.0657. The van der Waals surface area contributed by atoms with Crippen molar-refractivity contribution >= 4 is 18.9 Å². The summed E-state index contributed by atoms with van der Waals surface area (Å²) in [6.07, 6.45) is 2.99. The summed E-state index contributed by atoms with van der Waals surface area (Å²) in [5.74, 6) is 1.03. The monoisotopic (exact) mass is 431 g/mol. The van der Waals surface area contributed by atoms with Crippen LogP contribution in [0.5, 0.6) is 0 Å². The minimum atomic E-state index is -0.481. The van der Waals surface area contributed by atoms with Crippen molar-refractivity contribution in [3.8, 4) is 0 Å². The molecule has 2 heterocycles. The number of carbonyl (C=O) groups excluding carboxylic acids is 2. The van der Waals surface area contributed by atoms with Crippen molar-refractivity contribution in [1.29, 1.82) is 0 Å². The van der Waals surface area contributed by atoms with Gasteiger partial charge in [0.05, 0.1) is 24.2 Å². The van der Waals surface area contributed by atoms with Gasteiger partial charge in [-0.2, -0.15) is 0 Å². The second-order valence-electron chi connectivity index (χ2n) is 10.6. The third-order valence-corrected chi connectivity index (χ3v) is 7.64. The van der Waals surface area contributed by atoms with Gasteiger partial charge in [0, 0.05) is 6.07 Å². The Morgan fingerprint density at radius 1 is 1.29 bits per heavy atom. The van der Waals surface area contributed by atoms with E-state index >= 15 is 0 Å². The largest absolute Gasteiger partial charge is 0.481 e. The van der Waals surface area contributed by atoms with Crippen molar-refractivity contribution < 1.29 is 23.4 Å². The van der Waals surface area contributed by atoms with Gasteiger partial charge >= 0.3 is 7.12 Å². The molecule has 2 bridgehead atoms. The lowest BCUT2D eigenvalue weighted by atomic mass is 9.43. The van der Waals surface area contributed by atoms with Crippen LogP contribution in [-0.2, 0) is 14.1 Å². The predicted octanol–water partition coefficient (Wildman–Crippen LogP) is 2.51. The van der Waals surface area contributed by atoms with E-state index in [4.69, 9.17) is 13.8 Å². The van der Waals surface area contributed by atoms with Gasteiger partial charge in [-0.25, -0.2) is 0 Å². The third-order valence-electron chi connectivity index (χ3n) is 7.64. The molecule has 5 atom stereocenters. The van der Waals surface area contributed by atoms with Crippen LogP contribution >= 0.6 is 0 Å². The first-order valence-corrected chi connectivity index (χ1v) is 11.3. The van der Waals surface area contributed by atoms with Gasteiger partial charge < -0.3 is 24.5 Å². The van der Waals surface area contributed by atoms with Crippen LogP contribution in [0.2, 0.25) is 0 Å². The number of hydrogen-bond donors (Lipinski definition) is 2. The second-order valence-corrected chi connectivity index (χ2v) is 10.6. The van der Waals surface area contributed by atoms with Gasteiger partial charge in [-0.1, -0.05) is 32.9 Å². The zero-order valence-electron chi connectivity index (χ0n) is 19.4. The summed E-state index contributed by atoms with van der Waals surface area (Å²) in [4.78, 5) is 24.8. The number of amides is 2. The standard InChI is InChI=1S/C22H34BN3O5/c1-12(2)7-18(25-19(27)11-24-20(28)15-8-13(3)30-26-15)23-29-17-10-14-9-16(21(14,4)5)22(17,6)31-23/h8,12,14,16-18H,7,9-11H2,1-6H3,(H,24,28)(H,25,27)/t14-,16?,17+,18-,22-/m0/s1. The highest BCUT2D eigenvalue weighted by Crippen LogP contribution is 2.65. The maximum Gasteiger partial charge on any atom is 0.481 e. The highest BCUT2D eigenvalue weighted by Gasteiger charge is 2.68. The molecule has 0 radical (unpaired) electrons. The summed E-state index contributed by atoms with van der Waals surface area (Å²) in [6, 6.07) is 1.53. The molecule has 1 aromatic heterocycles. The number of nitrogens with one attached hydrogen (secondary N) is 2. The fraction of sp³-hybridized carbons (Fsp3) is 0.773. The van der Waals surface area contributed by atoms with Crippen molar-refractivity contribution in [2.45, 2.75) is 78.5 Å². The van der Waals surface area contributed by atoms with Gasteiger partial charge in [0.15, 0.2) is 5.69 Å². The molecule has 4 aliphatic rings. The third kappa shape index (κ3) is 4.02. The molecule has 2 N–H and O–H groups in total. The van der Waals surface area contributed by atoms with Crippen LogP contribution in [0.1, 0.15) is 70.1 Å². The number of hydrogen-bond acceptors (Lipinski definition) is 6. The molecule has 170 valence electrons. The van der Waals surface area contributed by atoms with Gasteiger partial charge in [0.1, 0.15) is 5.76 Å². The summed E-state index contributed by atoms with van der Waals surface area (Å²) in [5.41, 5.74) is 0.108. The number of aryl methyl sites for hydroxylation is 1. The lowest BCUT2D eigenvalue weighted by molar-refractivity contribution is -0.199. The molecule has 1 aliphatic heterocycles. The second kappa shape index (κ2) is 7.92. The maximum absolute atomic E-state index is 12.6. The molecule has 0 spiro atoms. The summed E-state index contributed by atoms with van der Waals surface area (Å²) in [5, 5.41) is 9.29. The Kier molecular flexibility index (Phi) is 5.71. The van der Waals surface area contributed by atoms with E-state index in [1.165, 1.54) is 12.5 Å². The highest BCUT2D eigenvalue weighted by molar-refractivity contribution is 6.47. The summed E-state index contributed by atoms with van der Waals surface area (Å²) in [7, 11) is -0.481. The zero-order valence-corrected chi connectivity index (χ0v) is 19.4. The Labute approximate surface area is 184 Å². The molecule has 31 heavy (non-hydrogen) atoms. The first kappa shape index (κ1) is 22.3. The molecule has 1 unspecified atom stereocenters. The topological polar surface area (TPSA) is 103 Å². The molecule has 4 fully saturated rings. The van der Waals surface area contributed by atoms with E-state index in [1.54, 1.807) is 6.92 Å². The van der Waals surface area contributed by atoms with Gasteiger partial charge in [-0.15, -0.1) is 0 Å². The van der Waals surface area contributed by atoms with Gasteiger partial charge in [-0.3, -0.25) is 9.59 Å². The molecule has 1 aromatic rings. The van der Waals surface area contributed by atoms with E-state index < -0.39 is 13.0 Å². The van der Waals surface area contributed by atoms with E-state index in [1.807, 2.05) is 0 Å². The molecule has 0 aromatic carbocycles. The van der Waals surface area contributed by atoms with Crippen LogP contribution in [0.4, 0.5) is 0 Å². The summed E-state index contributed by atoms with van der Waals surface area (Å²) < 4.78 is 17.8. The van der Waals surface area contributed by atoms with E-state index in [0.29, 0.717) is 23.5 Å².